The number of carbonyl (C=O) groups is 1. The van der Waals surface area contributed by atoms with Crippen LogP contribution in [0.15, 0.2) is 36.7 Å². The standard InChI is InChI=1S/C20H23N3O4S/c1-3-28(25,26)23-12-17(13-23)27-16-9-15(10-21-11-16)18-6-4-5-14-7-8-19(24)22(2)20(14)18/h4-6,9-11,17H,3,7-8,12-13H2,1-2H3. The fourth-order valence-corrected chi connectivity index (χ4v) is 4.82. The van der Waals surface area contributed by atoms with E-state index in [2.05, 4.69) is 4.98 Å². The third-order valence-electron chi connectivity index (χ3n) is 5.34. The first-order chi connectivity index (χ1) is 13.4. The molecule has 4 rings (SSSR count). The molecule has 0 aliphatic carbocycles. The van der Waals surface area contributed by atoms with Gasteiger partial charge in [0.15, 0.2) is 0 Å². The molecular weight excluding hydrogens is 378 g/mol. The van der Waals surface area contributed by atoms with Crippen LogP contribution in [0.2, 0.25) is 0 Å². The highest BCUT2D eigenvalue weighted by Gasteiger charge is 2.36. The lowest BCUT2D eigenvalue weighted by atomic mass is 9.94. The zero-order chi connectivity index (χ0) is 19.9. The topological polar surface area (TPSA) is 79.8 Å². The number of pyridine rings is 1. The summed E-state index contributed by atoms with van der Waals surface area (Å²) < 4.78 is 31.0. The van der Waals surface area contributed by atoms with Crippen LogP contribution in [0.25, 0.3) is 11.1 Å². The van der Waals surface area contributed by atoms with Crippen molar-refractivity contribution in [2.24, 2.45) is 0 Å². The average Bonchev–Trinajstić information content (AvgIpc) is 2.67. The number of anilines is 1. The van der Waals surface area contributed by atoms with Gasteiger partial charge in [0.2, 0.25) is 15.9 Å². The highest BCUT2D eigenvalue weighted by atomic mass is 32.2. The molecule has 28 heavy (non-hydrogen) atoms. The Morgan fingerprint density at radius 2 is 2.00 bits per heavy atom. The molecule has 3 heterocycles. The molecule has 0 radical (unpaired) electrons. The van der Waals surface area contributed by atoms with E-state index in [1.807, 2.05) is 24.3 Å². The maximum absolute atomic E-state index is 12.2. The van der Waals surface area contributed by atoms with E-state index in [1.165, 1.54) is 4.31 Å². The largest absolute Gasteiger partial charge is 0.486 e. The highest BCUT2D eigenvalue weighted by Crippen LogP contribution is 2.37. The molecule has 0 atom stereocenters. The van der Waals surface area contributed by atoms with Gasteiger partial charge in [-0.2, -0.15) is 4.31 Å². The van der Waals surface area contributed by atoms with Gasteiger partial charge in [-0.1, -0.05) is 18.2 Å². The molecule has 7 nitrogen and oxygen atoms in total. The minimum Gasteiger partial charge on any atom is -0.486 e. The molecule has 1 fully saturated rings. The normalized spacial score (nSPS) is 17.9. The number of rotatable bonds is 5. The van der Waals surface area contributed by atoms with Crippen LogP contribution < -0.4 is 9.64 Å². The van der Waals surface area contributed by atoms with Gasteiger partial charge >= 0.3 is 0 Å². The van der Waals surface area contributed by atoms with Gasteiger partial charge in [-0.15, -0.1) is 0 Å². The summed E-state index contributed by atoms with van der Waals surface area (Å²) in [7, 11) is -1.36. The van der Waals surface area contributed by atoms with Crippen molar-refractivity contribution >= 4 is 21.6 Å². The van der Waals surface area contributed by atoms with Gasteiger partial charge in [0.25, 0.3) is 0 Å². The Morgan fingerprint density at radius 3 is 2.75 bits per heavy atom. The number of hydrogen-bond donors (Lipinski definition) is 0. The number of aryl methyl sites for hydroxylation is 1. The van der Waals surface area contributed by atoms with Gasteiger partial charge in [0, 0.05) is 30.8 Å². The van der Waals surface area contributed by atoms with E-state index < -0.39 is 10.0 Å². The predicted molar refractivity (Wildman–Crippen MR) is 107 cm³/mol. The van der Waals surface area contributed by atoms with Gasteiger partial charge in [-0.3, -0.25) is 9.78 Å². The van der Waals surface area contributed by atoms with Crippen LogP contribution in [0.1, 0.15) is 18.9 Å². The van der Waals surface area contributed by atoms with E-state index in [0.29, 0.717) is 25.3 Å². The molecule has 1 aromatic heterocycles. The zero-order valence-corrected chi connectivity index (χ0v) is 16.8. The summed E-state index contributed by atoms with van der Waals surface area (Å²) in [5, 5.41) is 0. The van der Waals surface area contributed by atoms with E-state index in [-0.39, 0.29) is 17.8 Å². The van der Waals surface area contributed by atoms with Crippen LogP contribution >= 0.6 is 0 Å². The third kappa shape index (κ3) is 3.38. The molecule has 1 amide bonds. The average molecular weight is 401 g/mol. The van der Waals surface area contributed by atoms with Crippen molar-refractivity contribution in [3.8, 4) is 16.9 Å². The van der Waals surface area contributed by atoms with E-state index in [4.69, 9.17) is 4.74 Å². The first-order valence-electron chi connectivity index (χ1n) is 9.37. The minimum atomic E-state index is -3.16. The maximum atomic E-state index is 12.2. The summed E-state index contributed by atoms with van der Waals surface area (Å²) in [5.74, 6) is 0.799. The van der Waals surface area contributed by atoms with Crippen molar-refractivity contribution in [1.82, 2.24) is 9.29 Å². The Balaban J connectivity index is 1.56. The van der Waals surface area contributed by atoms with Crippen molar-refractivity contribution in [2.45, 2.75) is 25.9 Å². The number of ether oxygens (including phenoxy) is 1. The molecular formula is C20H23N3O4S. The van der Waals surface area contributed by atoms with Gasteiger partial charge in [0.1, 0.15) is 11.9 Å². The molecule has 8 heteroatoms. The molecule has 2 aliphatic heterocycles. The molecule has 0 bridgehead atoms. The van der Waals surface area contributed by atoms with Crippen molar-refractivity contribution in [3.63, 3.8) is 0 Å². The SMILES string of the molecule is CCS(=O)(=O)N1CC(Oc2cncc(-c3cccc4c3N(C)C(=O)CC4)c2)C1. The summed E-state index contributed by atoms with van der Waals surface area (Å²) in [6.45, 7) is 2.36. The minimum absolute atomic E-state index is 0.0993. The summed E-state index contributed by atoms with van der Waals surface area (Å²) in [6.07, 6.45) is 4.47. The summed E-state index contributed by atoms with van der Waals surface area (Å²) in [4.78, 5) is 18.2. The number of fused-ring (bicyclic) bond motifs is 1. The first-order valence-corrected chi connectivity index (χ1v) is 11.0. The second-order valence-electron chi connectivity index (χ2n) is 7.13. The Hall–Kier alpha value is -2.45. The molecule has 0 unspecified atom stereocenters. The molecule has 1 saturated heterocycles. The van der Waals surface area contributed by atoms with Crippen molar-refractivity contribution in [2.75, 3.05) is 30.8 Å². The number of hydrogen-bond acceptors (Lipinski definition) is 5. The second-order valence-corrected chi connectivity index (χ2v) is 9.39. The van der Waals surface area contributed by atoms with Gasteiger partial charge in [-0.25, -0.2) is 8.42 Å². The van der Waals surface area contributed by atoms with E-state index in [9.17, 15) is 13.2 Å². The van der Waals surface area contributed by atoms with Crippen LogP contribution in [0.5, 0.6) is 5.75 Å². The quantitative estimate of drug-likeness (QED) is 0.766. The first kappa shape index (κ1) is 18.9. The predicted octanol–water partition coefficient (Wildman–Crippen LogP) is 2.07. The van der Waals surface area contributed by atoms with Crippen molar-refractivity contribution in [1.29, 1.82) is 0 Å². The number of para-hydroxylation sites is 1. The lowest BCUT2D eigenvalue weighted by Crippen LogP contribution is -2.56. The van der Waals surface area contributed by atoms with Gasteiger partial charge < -0.3 is 9.64 Å². The molecule has 0 spiro atoms. The Kier molecular flexibility index (Phi) is 4.84. The number of amides is 1. The fraction of sp³-hybridized carbons (Fsp3) is 0.400. The maximum Gasteiger partial charge on any atom is 0.227 e. The number of nitrogens with zero attached hydrogens (tertiary/aromatic N) is 3. The molecule has 1 aromatic carbocycles. The second kappa shape index (κ2) is 7.18. The number of carbonyl (C=O) groups excluding carboxylic acids is 1. The molecule has 2 aliphatic rings. The van der Waals surface area contributed by atoms with Crippen molar-refractivity contribution in [3.05, 3.63) is 42.2 Å². The lowest BCUT2D eigenvalue weighted by molar-refractivity contribution is -0.118. The summed E-state index contributed by atoms with van der Waals surface area (Å²) in [6, 6.07) is 7.91. The number of benzene rings is 1. The number of sulfonamides is 1. The Bertz CT molecular complexity index is 1020. The van der Waals surface area contributed by atoms with E-state index in [1.54, 1.807) is 31.3 Å². The summed E-state index contributed by atoms with van der Waals surface area (Å²) >= 11 is 0. The Labute approximate surface area is 165 Å². The highest BCUT2D eigenvalue weighted by molar-refractivity contribution is 7.89. The van der Waals surface area contributed by atoms with Gasteiger partial charge in [0.05, 0.1) is 30.7 Å². The monoisotopic (exact) mass is 401 g/mol. The molecule has 2 aromatic rings. The van der Waals surface area contributed by atoms with Crippen LogP contribution in [0.3, 0.4) is 0 Å². The fourth-order valence-electron chi connectivity index (χ4n) is 3.66. The summed E-state index contributed by atoms with van der Waals surface area (Å²) in [5.41, 5.74) is 3.87. The van der Waals surface area contributed by atoms with E-state index in [0.717, 1.165) is 28.8 Å². The van der Waals surface area contributed by atoms with Crippen molar-refractivity contribution < 1.29 is 17.9 Å². The molecule has 0 N–H and O–H groups in total. The van der Waals surface area contributed by atoms with Crippen LogP contribution in [0, 0.1) is 0 Å². The molecule has 148 valence electrons. The smallest absolute Gasteiger partial charge is 0.227 e. The zero-order valence-electron chi connectivity index (χ0n) is 16.0. The van der Waals surface area contributed by atoms with Gasteiger partial charge in [-0.05, 0) is 25.0 Å². The Morgan fingerprint density at radius 1 is 1.21 bits per heavy atom. The van der Waals surface area contributed by atoms with E-state index >= 15 is 0 Å². The lowest BCUT2D eigenvalue weighted by Gasteiger charge is -2.37. The number of aromatic nitrogens is 1. The molecule has 0 saturated carbocycles. The van der Waals surface area contributed by atoms with Crippen LogP contribution in [-0.4, -0.2) is 55.6 Å². The van der Waals surface area contributed by atoms with Crippen LogP contribution in [-0.2, 0) is 21.2 Å². The van der Waals surface area contributed by atoms with Crippen LogP contribution in [0.4, 0.5) is 5.69 Å². The third-order valence-corrected chi connectivity index (χ3v) is 7.15.